The van der Waals surface area contributed by atoms with Gasteiger partial charge in [0.25, 0.3) is 0 Å². The lowest BCUT2D eigenvalue weighted by molar-refractivity contribution is -0.143. The Morgan fingerprint density at radius 3 is 2.85 bits per heavy atom. The van der Waals surface area contributed by atoms with Crippen LogP contribution in [-0.4, -0.2) is 53.7 Å². The van der Waals surface area contributed by atoms with Crippen molar-refractivity contribution in [2.24, 2.45) is 13.0 Å². The van der Waals surface area contributed by atoms with Crippen molar-refractivity contribution < 1.29 is 19.4 Å². The van der Waals surface area contributed by atoms with Crippen LogP contribution in [0.5, 0.6) is 11.8 Å². The van der Waals surface area contributed by atoms with Crippen molar-refractivity contribution in [3.63, 3.8) is 0 Å². The quantitative estimate of drug-likeness (QED) is 0.505. The van der Waals surface area contributed by atoms with Gasteiger partial charge in [0.05, 0.1) is 41.4 Å². The zero-order chi connectivity index (χ0) is 24.1. The minimum atomic E-state index is -0.749. The molecule has 180 valence electrons. The maximum atomic E-state index is 11.4. The highest BCUT2D eigenvalue weighted by molar-refractivity contribution is 5.70. The van der Waals surface area contributed by atoms with Gasteiger partial charge in [-0.1, -0.05) is 12.1 Å². The Morgan fingerprint density at radius 1 is 1.24 bits per heavy atom. The monoisotopic (exact) mass is 466 g/mol. The average molecular weight is 467 g/mol. The molecular formula is C24H30N6O4. The molecule has 1 aliphatic rings. The molecule has 4 rings (SSSR count). The van der Waals surface area contributed by atoms with Crippen molar-refractivity contribution in [3.8, 4) is 23.1 Å². The van der Waals surface area contributed by atoms with Crippen molar-refractivity contribution in [1.29, 1.82) is 0 Å². The Morgan fingerprint density at radius 2 is 2.09 bits per heavy atom. The fourth-order valence-electron chi connectivity index (χ4n) is 4.14. The SMILES string of the molecule is CCCOc1nccc(Cc2c(-c3ccc(O[C@H]4CCC[C@H](C(=O)O)C4)c(C)n3)nnn2C)n1. The van der Waals surface area contributed by atoms with E-state index in [2.05, 4.69) is 20.3 Å². The molecule has 10 nitrogen and oxygen atoms in total. The molecule has 34 heavy (non-hydrogen) atoms. The molecule has 0 amide bonds. The van der Waals surface area contributed by atoms with Crippen LogP contribution in [0, 0.1) is 12.8 Å². The summed E-state index contributed by atoms with van der Waals surface area (Å²) in [7, 11) is 1.84. The molecule has 1 N–H and O–H groups in total. The van der Waals surface area contributed by atoms with E-state index in [1.165, 1.54) is 0 Å². The van der Waals surface area contributed by atoms with E-state index in [1.807, 2.05) is 39.1 Å². The fraction of sp³-hybridized carbons (Fsp3) is 0.500. The van der Waals surface area contributed by atoms with Gasteiger partial charge in [0.15, 0.2) is 0 Å². The molecule has 3 aromatic heterocycles. The maximum Gasteiger partial charge on any atom is 0.316 e. The van der Waals surface area contributed by atoms with Crippen molar-refractivity contribution in [2.75, 3.05) is 6.61 Å². The zero-order valence-corrected chi connectivity index (χ0v) is 19.8. The summed E-state index contributed by atoms with van der Waals surface area (Å²) in [5, 5.41) is 17.9. The van der Waals surface area contributed by atoms with E-state index in [4.69, 9.17) is 14.5 Å². The maximum absolute atomic E-state index is 11.4. The minimum absolute atomic E-state index is 0.116. The molecule has 10 heteroatoms. The Labute approximate surface area is 198 Å². The van der Waals surface area contributed by atoms with Crippen molar-refractivity contribution in [2.45, 2.75) is 58.5 Å². The van der Waals surface area contributed by atoms with Crippen molar-refractivity contribution in [1.82, 2.24) is 29.9 Å². The lowest BCUT2D eigenvalue weighted by Gasteiger charge is -2.27. The van der Waals surface area contributed by atoms with Gasteiger partial charge in [-0.15, -0.1) is 5.10 Å². The topological polar surface area (TPSA) is 125 Å². The highest BCUT2D eigenvalue weighted by atomic mass is 16.5. The normalized spacial score (nSPS) is 18.0. The molecule has 1 aliphatic carbocycles. The molecule has 0 aliphatic heterocycles. The molecule has 3 aromatic rings. The zero-order valence-electron chi connectivity index (χ0n) is 19.8. The van der Waals surface area contributed by atoms with Gasteiger partial charge in [-0.3, -0.25) is 9.48 Å². The number of carbonyl (C=O) groups is 1. The summed E-state index contributed by atoms with van der Waals surface area (Å²) < 4.78 is 13.4. The number of pyridine rings is 1. The van der Waals surface area contributed by atoms with Crippen LogP contribution < -0.4 is 9.47 Å². The number of nitrogens with zero attached hydrogens (tertiary/aromatic N) is 6. The van der Waals surface area contributed by atoms with E-state index in [1.54, 1.807) is 10.9 Å². The molecule has 3 heterocycles. The van der Waals surface area contributed by atoms with E-state index in [0.717, 1.165) is 36.3 Å². The number of aromatic nitrogens is 6. The summed E-state index contributed by atoms with van der Waals surface area (Å²) in [5.74, 6) is -0.428. The van der Waals surface area contributed by atoms with Gasteiger partial charge >= 0.3 is 12.0 Å². The van der Waals surface area contributed by atoms with Crippen molar-refractivity contribution >= 4 is 5.97 Å². The van der Waals surface area contributed by atoms with Crippen LogP contribution in [0.15, 0.2) is 24.4 Å². The third kappa shape index (κ3) is 5.49. The van der Waals surface area contributed by atoms with E-state index >= 15 is 0 Å². The van der Waals surface area contributed by atoms with Crippen LogP contribution in [0.1, 0.15) is 56.1 Å². The number of carboxylic acids is 1. The Hall–Kier alpha value is -3.56. The average Bonchev–Trinajstić information content (AvgIpc) is 3.19. The van der Waals surface area contributed by atoms with Crippen LogP contribution >= 0.6 is 0 Å². The lowest BCUT2D eigenvalue weighted by atomic mass is 9.87. The minimum Gasteiger partial charge on any atom is -0.489 e. The summed E-state index contributed by atoms with van der Waals surface area (Å²) in [6, 6.07) is 5.95. The van der Waals surface area contributed by atoms with Crippen molar-refractivity contribution in [3.05, 3.63) is 41.5 Å². The molecule has 0 spiro atoms. The number of aliphatic carboxylic acids is 1. The standard InChI is InChI=1S/C24H30N6O4/c1-4-12-33-24-25-11-10-17(27-24)14-20-22(28-29-30(20)3)19-8-9-21(15(2)26-19)34-18-7-5-6-16(13-18)23(31)32/h8-11,16,18H,4-7,12-14H2,1-3H3,(H,31,32)/t16-,18-/m0/s1. The lowest BCUT2D eigenvalue weighted by Crippen LogP contribution is -2.29. The summed E-state index contributed by atoms with van der Waals surface area (Å²) in [6.07, 6.45) is 5.89. The first-order valence-electron chi connectivity index (χ1n) is 11.6. The first-order chi connectivity index (χ1) is 16.4. The first kappa shape index (κ1) is 23.6. The number of hydrogen-bond acceptors (Lipinski definition) is 8. The van der Waals surface area contributed by atoms with Gasteiger partial charge in [0, 0.05) is 19.7 Å². The molecule has 1 fully saturated rings. The summed E-state index contributed by atoms with van der Waals surface area (Å²) in [6.45, 7) is 4.48. The molecule has 0 aromatic carbocycles. The van der Waals surface area contributed by atoms with Gasteiger partial charge in [-0.2, -0.15) is 4.98 Å². The largest absolute Gasteiger partial charge is 0.489 e. The first-order valence-corrected chi connectivity index (χ1v) is 11.6. The second-order valence-electron chi connectivity index (χ2n) is 8.59. The van der Waals surface area contributed by atoms with Gasteiger partial charge in [-0.25, -0.2) is 9.97 Å². The van der Waals surface area contributed by atoms with E-state index in [-0.39, 0.29) is 12.0 Å². The van der Waals surface area contributed by atoms with Crippen LogP contribution in [0.25, 0.3) is 11.4 Å². The summed E-state index contributed by atoms with van der Waals surface area (Å²) >= 11 is 0. The number of carboxylic acid groups (broad SMARTS) is 1. The third-order valence-corrected chi connectivity index (χ3v) is 5.97. The Bertz CT molecular complexity index is 1150. The number of aryl methyl sites for hydroxylation is 2. The van der Waals surface area contributed by atoms with Gasteiger partial charge in [0.1, 0.15) is 11.4 Å². The third-order valence-electron chi connectivity index (χ3n) is 5.97. The molecular weight excluding hydrogens is 436 g/mol. The molecule has 1 saturated carbocycles. The smallest absolute Gasteiger partial charge is 0.316 e. The Kier molecular flexibility index (Phi) is 7.34. The highest BCUT2D eigenvalue weighted by Gasteiger charge is 2.28. The van der Waals surface area contributed by atoms with Crippen LogP contribution in [-0.2, 0) is 18.3 Å². The van der Waals surface area contributed by atoms with Gasteiger partial charge in [0.2, 0.25) is 0 Å². The van der Waals surface area contributed by atoms with Gasteiger partial charge < -0.3 is 14.6 Å². The second kappa shape index (κ2) is 10.6. The Balaban J connectivity index is 1.51. The summed E-state index contributed by atoms with van der Waals surface area (Å²) in [5.41, 5.74) is 3.77. The number of ether oxygens (including phenoxy) is 2. The fourth-order valence-corrected chi connectivity index (χ4v) is 4.14. The van der Waals surface area contributed by atoms with Crippen LogP contribution in [0.3, 0.4) is 0 Å². The number of rotatable bonds is 9. The van der Waals surface area contributed by atoms with E-state index < -0.39 is 5.97 Å². The van der Waals surface area contributed by atoms with E-state index in [9.17, 15) is 9.90 Å². The second-order valence-corrected chi connectivity index (χ2v) is 8.59. The molecule has 0 saturated heterocycles. The molecule has 0 bridgehead atoms. The highest BCUT2D eigenvalue weighted by Crippen LogP contribution is 2.30. The summed E-state index contributed by atoms with van der Waals surface area (Å²) in [4.78, 5) is 24.7. The van der Waals surface area contributed by atoms with Gasteiger partial charge in [-0.05, 0) is 57.2 Å². The van der Waals surface area contributed by atoms with Crippen LogP contribution in [0.2, 0.25) is 0 Å². The predicted octanol–water partition coefficient (Wildman–Crippen LogP) is 3.38. The molecule has 2 atom stereocenters. The molecule has 0 unspecified atom stereocenters. The van der Waals surface area contributed by atoms with E-state index in [0.29, 0.717) is 49.0 Å². The molecule has 0 radical (unpaired) electrons. The van der Waals surface area contributed by atoms with Crippen LogP contribution in [0.4, 0.5) is 0 Å². The number of hydrogen-bond donors (Lipinski definition) is 1. The predicted molar refractivity (Wildman–Crippen MR) is 124 cm³/mol.